The van der Waals surface area contributed by atoms with Crippen molar-refractivity contribution in [3.8, 4) is 5.75 Å². The van der Waals surface area contributed by atoms with Gasteiger partial charge in [-0.3, -0.25) is 4.79 Å². The number of ether oxygens (including phenoxy) is 2. The number of nitrogens with one attached hydrogen (secondary N) is 1. The molecule has 1 fully saturated rings. The number of carbonyl (C=O) groups is 2. The Kier molecular flexibility index (Phi) is 6.23. The normalized spacial score (nSPS) is 16.3. The molecule has 0 unspecified atom stereocenters. The number of benzene rings is 1. The van der Waals surface area contributed by atoms with Gasteiger partial charge in [-0.25, -0.2) is 4.79 Å². The lowest BCUT2D eigenvalue weighted by molar-refractivity contribution is -0.152. The third kappa shape index (κ3) is 4.73. The highest BCUT2D eigenvalue weighted by atomic mass is 16.5. The van der Waals surface area contributed by atoms with E-state index in [0.717, 1.165) is 36.1 Å². The van der Waals surface area contributed by atoms with Crippen LogP contribution in [0.5, 0.6) is 5.75 Å². The van der Waals surface area contributed by atoms with Crippen molar-refractivity contribution in [3.63, 3.8) is 0 Å². The molecule has 0 aromatic heterocycles. The molecule has 1 aliphatic carbocycles. The van der Waals surface area contributed by atoms with E-state index in [1.165, 1.54) is 7.11 Å². The summed E-state index contributed by atoms with van der Waals surface area (Å²) in [4.78, 5) is 24.4. The van der Waals surface area contributed by atoms with Crippen molar-refractivity contribution < 1.29 is 19.1 Å². The summed E-state index contributed by atoms with van der Waals surface area (Å²) in [5.41, 5.74) is 1.40. The third-order valence-electron chi connectivity index (χ3n) is 4.45. The second-order valence-corrected chi connectivity index (χ2v) is 6.60. The summed E-state index contributed by atoms with van der Waals surface area (Å²) in [6, 6.07) is 5.97. The van der Waals surface area contributed by atoms with Crippen molar-refractivity contribution in [1.29, 1.82) is 0 Å². The van der Waals surface area contributed by atoms with Crippen LogP contribution in [0.15, 0.2) is 18.2 Å². The molecule has 5 heteroatoms. The summed E-state index contributed by atoms with van der Waals surface area (Å²) in [5.74, 6) is 0.248. The van der Waals surface area contributed by atoms with E-state index in [1.54, 1.807) is 0 Å². The van der Waals surface area contributed by atoms with Crippen molar-refractivity contribution in [3.05, 3.63) is 29.3 Å². The molecule has 1 aromatic carbocycles. The zero-order valence-electron chi connectivity index (χ0n) is 14.8. The van der Waals surface area contributed by atoms with Gasteiger partial charge in [0.25, 0.3) is 0 Å². The molecule has 1 amide bonds. The second kappa shape index (κ2) is 8.18. The summed E-state index contributed by atoms with van der Waals surface area (Å²) in [6.07, 6.45) is 4.44. The van der Waals surface area contributed by atoms with Crippen LogP contribution in [0.25, 0.3) is 0 Å². The molecule has 1 aliphatic rings. The van der Waals surface area contributed by atoms with Crippen LogP contribution in [-0.4, -0.2) is 31.1 Å². The average molecular weight is 333 g/mol. The predicted octanol–water partition coefficient (Wildman–Crippen LogP) is 3.06. The highest BCUT2D eigenvalue weighted by Crippen LogP contribution is 2.29. The van der Waals surface area contributed by atoms with Gasteiger partial charge in [-0.1, -0.05) is 25.3 Å². The van der Waals surface area contributed by atoms with Crippen LogP contribution in [0.1, 0.15) is 49.7 Å². The maximum absolute atomic E-state index is 12.3. The Hall–Kier alpha value is -2.04. The molecule has 0 spiro atoms. The number of rotatable bonds is 6. The maximum atomic E-state index is 12.3. The van der Waals surface area contributed by atoms with Gasteiger partial charge in [-0.2, -0.15) is 0 Å². The average Bonchev–Trinajstić information content (AvgIpc) is 2.54. The standard InChI is InChI=1S/C19H27NO4/c1-14-11-15(2)13-16(12-14)24-10-7-17(21)20-19(18(22)23-3)8-5-4-6-9-19/h11-13H,4-10H2,1-3H3,(H,20,21). The number of aryl methyl sites for hydroxylation is 2. The highest BCUT2D eigenvalue weighted by molar-refractivity contribution is 5.88. The minimum Gasteiger partial charge on any atom is -0.493 e. The molecular formula is C19H27NO4. The van der Waals surface area contributed by atoms with Gasteiger partial charge in [0.2, 0.25) is 5.91 Å². The first kappa shape index (κ1) is 18.3. The molecule has 0 aliphatic heterocycles. The summed E-state index contributed by atoms with van der Waals surface area (Å²) in [7, 11) is 1.37. The third-order valence-corrected chi connectivity index (χ3v) is 4.45. The van der Waals surface area contributed by atoms with E-state index in [1.807, 2.05) is 26.0 Å². The van der Waals surface area contributed by atoms with E-state index in [4.69, 9.17) is 9.47 Å². The lowest BCUT2D eigenvalue weighted by atomic mass is 9.81. The molecule has 0 bridgehead atoms. The van der Waals surface area contributed by atoms with Gasteiger partial charge in [-0.15, -0.1) is 0 Å². The molecule has 24 heavy (non-hydrogen) atoms. The fraction of sp³-hybridized carbons (Fsp3) is 0.579. The summed E-state index contributed by atoms with van der Waals surface area (Å²) in [6.45, 7) is 4.30. The second-order valence-electron chi connectivity index (χ2n) is 6.60. The van der Waals surface area contributed by atoms with Crippen LogP contribution in [0, 0.1) is 13.8 Å². The maximum Gasteiger partial charge on any atom is 0.331 e. The first-order chi connectivity index (χ1) is 11.4. The van der Waals surface area contributed by atoms with Crippen molar-refractivity contribution in [2.75, 3.05) is 13.7 Å². The largest absolute Gasteiger partial charge is 0.493 e. The van der Waals surface area contributed by atoms with E-state index < -0.39 is 5.54 Å². The molecule has 2 rings (SSSR count). The summed E-state index contributed by atoms with van der Waals surface area (Å²) < 4.78 is 10.6. The molecule has 1 saturated carbocycles. The number of esters is 1. The predicted molar refractivity (Wildman–Crippen MR) is 92.0 cm³/mol. The van der Waals surface area contributed by atoms with Crippen LogP contribution < -0.4 is 10.1 Å². The topological polar surface area (TPSA) is 64.6 Å². The lowest BCUT2D eigenvalue weighted by Gasteiger charge is -2.35. The van der Waals surface area contributed by atoms with E-state index in [-0.39, 0.29) is 24.9 Å². The smallest absolute Gasteiger partial charge is 0.331 e. The summed E-state index contributed by atoms with van der Waals surface area (Å²) in [5, 5.41) is 2.90. The van der Waals surface area contributed by atoms with Gasteiger partial charge in [-0.05, 0) is 49.9 Å². The van der Waals surface area contributed by atoms with Crippen molar-refractivity contribution in [2.24, 2.45) is 0 Å². The van der Waals surface area contributed by atoms with E-state index in [2.05, 4.69) is 11.4 Å². The first-order valence-electron chi connectivity index (χ1n) is 8.56. The van der Waals surface area contributed by atoms with Gasteiger partial charge in [0.15, 0.2) is 0 Å². The Morgan fingerprint density at radius 3 is 2.29 bits per heavy atom. The number of methoxy groups -OCH3 is 1. The van der Waals surface area contributed by atoms with Crippen LogP contribution in [0.2, 0.25) is 0 Å². The van der Waals surface area contributed by atoms with Gasteiger partial charge in [0, 0.05) is 0 Å². The first-order valence-corrected chi connectivity index (χ1v) is 8.56. The van der Waals surface area contributed by atoms with Crippen LogP contribution in [-0.2, 0) is 14.3 Å². The number of hydrogen-bond acceptors (Lipinski definition) is 4. The van der Waals surface area contributed by atoms with E-state index >= 15 is 0 Å². The van der Waals surface area contributed by atoms with Crippen molar-refractivity contribution in [1.82, 2.24) is 5.32 Å². The molecule has 0 radical (unpaired) electrons. The van der Waals surface area contributed by atoms with Crippen LogP contribution in [0.4, 0.5) is 0 Å². The molecule has 0 atom stereocenters. The highest BCUT2D eigenvalue weighted by Gasteiger charge is 2.41. The Labute approximate surface area is 143 Å². The number of hydrogen-bond donors (Lipinski definition) is 1. The summed E-state index contributed by atoms with van der Waals surface area (Å²) >= 11 is 0. The number of amides is 1. The fourth-order valence-electron chi connectivity index (χ4n) is 3.34. The van der Waals surface area contributed by atoms with Crippen LogP contribution >= 0.6 is 0 Å². The zero-order chi connectivity index (χ0) is 17.6. The molecule has 0 heterocycles. The molecular weight excluding hydrogens is 306 g/mol. The van der Waals surface area contributed by atoms with Gasteiger partial charge in [0.1, 0.15) is 11.3 Å². The molecule has 1 aromatic rings. The minimum atomic E-state index is -0.857. The van der Waals surface area contributed by atoms with Gasteiger partial charge >= 0.3 is 5.97 Å². The molecule has 1 N–H and O–H groups in total. The molecule has 0 saturated heterocycles. The minimum absolute atomic E-state index is 0.174. The monoisotopic (exact) mass is 333 g/mol. The lowest BCUT2D eigenvalue weighted by Crippen LogP contribution is -2.56. The van der Waals surface area contributed by atoms with Crippen molar-refractivity contribution in [2.45, 2.75) is 57.9 Å². The number of carbonyl (C=O) groups excluding carboxylic acids is 2. The van der Waals surface area contributed by atoms with E-state index in [0.29, 0.717) is 12.8 Å². The molecule has 5 nitrogen and oxygen atoms in total. The Morgan fingerprint density at radius 2 is 1.71 bits per heavy atom. The Bertz CT molecular complexity index is 571. The fourth-order valence-corrected chi connectivity index (χ4v) is 3.34. The van der Waals surface area contributed by atoms with Crippen molar-refractivity contribution >= 4 is 11.9 Å². The SMILES string of the molecule is COC(=O)C1(NC(=O)CCOc2cc(C)cc(C)c2)CCCCC1. The van der Waals surface area contributed by atoms with E-state index in [9.17, 15) is 9.59 Å². The van der Waals surface area contributed by atoms with Gasteiger partial charge < -0.3 is 14.8 Å². The van der Waals surface area contributed by atoms with Gasteiger partial charge in [0.05, 0.1) is 20.1 Å². The van der Waals surface area contributed by atoms with Crippen LogP contribution in [0.3, 0.4) is 0 Å². The Balaban J connectivity index is 1.88. The Morgan fingerprint density at radius 1 is 1.08 bits per heavy atom. The molecule has 132 valence electrons. The zero-order valence-corrected chi connectivity index (χ0v) is 14.8. The quantitative estimate of drug-likeness (QED) is 0.813.